The molecular weight excluding hydrogens is 341 g/mol. The molecule has 0 unspecified atom stereocenters. The smallest absolute Gasteiger partial charge is 0.0699 e. The third-order valence-corrected chi connectivity index (χ3v) is 2.75. The van der Waals surface area contributed by atoms with E-state index in [-0.39, 0.29) is 19.5 Å². The fourth-order valence-corrected chi connectivity index (χ4v) is 1.65. The standard InChI is InChI=1S/C8H9NO2.C8H12.Rh/c9-7(8(10)11)6-4-2-1-3-5-6;1-2-4-6-8-7-5-3-1;/h1-5,7H,9H2,(H,10,11);1-2,7-8H,3-6H2;/p-1/b;2-1-,8-7-;/t7-;;/m1../s1. The molecule has 0 aliphatic heterocycles. The zero-order valence-electron chi connectivity index (χ0n) is 11.3. The number of carboxylic acids is 1. The van der Waals surface area contributed by atoms with E-state index in [1.54, 1.807) is 30.3 Å². The molecule has 1 aliphatic rings. The van der Waals surface area contributed by atoms with E-state index in [1.807, 2.05) is 0 Å². The summed E-state index contributed by atoms with van der Waals surface area (Å²) in [6.45, 7) is 0. The minimum absolute atomic E-state index is 0. The van der Waals surface area contributed by atoms with Crippen LogP contribution in [0.15, 0.2) is 54.6 Å². The van der Waals surface area contributed by atoms with E-state index in [4.69, 9.17) is 5.73 Å². The van der Waals surface area contributed by atoms with Crippen LogP contribution in [0, 0.1) is 0 Å². The summed E-state index contributed by atoms with van der Waals surface area (Å²) in [5.41, 5.74) is 5.84. The van der Waals surface area contributed by atoms with Gasteiger partial charge in [0.2, 0.25) is 0 Å². The topological polar surface area (TPSA) is 66.2 Å². The quantitative estimate of drug-likeness (QED) is 0.648. The van der Waals surface area contributed by atoms with Crippen LogP contribution in [0.1, 0.15) is 37.3 Å². The largest absolute Gasteiger partial charge is 0.548 e. The minimum atomic E-state index is -1.25. The fraction of sp³-hybridized carbons (Fsp3) is 0.312. The van der Waals surface area contributed by atoms with Crippen molar-refractivity contribution in [1.82, 2.24) is 0 Å². The van der Waals surface area contributed by atoms with Crippen molar-refractivity contribution in [3.8, 4) is 0 Å². The Morgan fingerprint density at radius 2 is 1.35 bits per heavy atom. The molecule has 20 heavy (non-hydrogen) atoms. The Labute approximate surface area is 133 Å². The van der Waals surface area contributed by atoms with Crippen molar-refractivity contribution in [2.24, 2.45) is 5.73 Å². The number of carbonyl (C=O) groups excluding carboxylic acids is 1. The van der Waals surface area contributed by atoms with Crippen molar-refractivity contribution in [3.05, 3.63) is 60.2 Å². The van der Waals surface area contributed by atoms with Crippen LogP contribution in [0.25, 0.3) is 0 Å². The van der Waals surface area contributed by atoms with Crippen LogP contribution in [0.5, 0.6) is 0 Å². The van der Waals surface area contributed by atoms with Gasteiger partial charge >= 0.3 is 0 Å². The van der Waals surface area contributed by atoms with Crippen LogP contribution in [0.3, 0.4) is 0 Å². The molecule has 1 radical (unpaired) electrons. The molecule has 4 heteroatoms. The van der Waals surface area contributed by atoms with E-state index in [9.17, 15) is 9.90 Å². The van der Waals surface area contributed by atoms with Gasteiger partial charge in [-0.05, 0) is 31.2 Å². The Balaban J connectivity index is 0.000000359. The van der Waals surface area contributed by atoms with E-state index in [1.165, 1.54) is 25.7 Å². The second kappa shape index (κ2) is 11.6. The molecule has 0 saturated heterocycles. The average Bonchev–Trinajstić information content (AvgIpc) is 2.38. The molecule has 0 saturated carbocycles. The predicted octanol–water partition coefficient (Wildman–Crippen LogP) is 2.11. The Hall–Kier alpha value is -1.25. The molecule has 1 aliphatic carbocycles. The van der Waals surface area contributed by atoms with Crippen molar-refractivity contribution in [2.45, 2.75) is 31.7 Å². The molecule has 0 bridgehead atoms. The van der Waals surface area contributed by atoms with Crippen LogP contribution in [-0.4, -0.2) is 5.97 Å². The van der Waals surface area contributed by atoms with Gasteiger partial charge in [0, 0.05) is 19.5 Å². The van der Waals surface area contributed by atoms with Crippen molar-refractivity contribution in [2.75, 3.05) is 0 Å². The van der Waals surface area contributed by atoms with Crippen LogP contribution in [0.4, 0.5) is 0 Å². The summed E-state index contributed by atoms with van der Waals surface area (Å²) in [5, 5.41) is 10.3. The number of nitrogens with two attached hydrogens (primary N) is 1. The Kier molecular flexibility index (Phi) is 10.8. The number of benzene rings is 1. The molecular formula is C16H20NO2Rh-. The molecule has 0 fully saturated rings. The van der Waals surface area contributed by atoms with Crippen molar-refractivity contribution < 1.29 is 29.4 Å². The first-order chi connectivity index (χ1) is 9.22. The summed E-state index contributed by atoms with van der Waals surface area (Å²) in [4.78, 5) is 10.3. The summed E-state index contributed by atoms with van der Waals surface area (Å²) in [7, 11) is 0. The number of hydrogen-bond donors (Lipinski definition) is 1. The van der Waals surface area contributed by atoms with Gasteiger partial charge in [-0.2, -0.15) is 0 Å². The molecule has 3 nitrogen and oxygen atoms in total. The van der Waals surface area contributed by atoms with Gasteiger partial charge in [-0.3, -0.25) is 0 Å². The van der Waals surface area contributed by atoms with Gasteiger partial charge in [0.1, 0.15) is 0 Å². The number of allylic oxidation sites excluding steroid dienone is 4. The normalized spacial score (nSPS) is 18.1. The average molecular weight is 361 g/mol. The van der Waals surface area contributed by atoms with Crippen molar-refractivity contribution >= 4 is 5.97 Å². The first-order valence-electron chi connectivity index (χ1n) is 6.53. The zero-order chi connectivity index (χ0) is 13.9. The maximum absolute atomic E-state index is 10.3. The number of aliphatic carboxylic acids is 1. The molecule has 0 spiro atoms. The predicted molar refractivity (Wildman–Crippen MR) is 75.1 cm³/mol. The van der Waals surface area contributed by atoms with E-state index >= 15 is 0 Å². The second-order valence-corrected chi connectivity index (χ2v) is 4.30. The summed E-state index contributed by atoms with van der Waals surface area (Å²) in [6, 6.07) is 7.55. The minimum Gasteiger partial charge on any atom is -0.548 e. The Morgan fingerprint density at radius 1 is 0.950 bits per heavy atom. The Morgan fingerprint density at radius 3 is 1.70 bits per heavy atom. The first kappa shape index (κ1) is 18.8. The monoisotopic (exact) mass is 361 g/mol. The van der Waals surface area contributed by atoms with Crippen molar-refractivity contribution in [3.63, 3.8) is 0 Å². The maximum Gasteiger partial charge on any atom is 0.0699 e. The SMILES string of the molecule is C1=C\CC/C=C\CC/1.N[C@@H](C(=O)[O-])c1ccccc1.[Rh]. The maximum atomic E-state index is 10.3. The summed E-state index contributed by atoms with van der Waals surface area (Å²) in [5.74, 6) is -1.25. The van der Waals surface area contributed by atoms with Gasteiger partial charge < -0.3 is 15.6 Å². The number of rotatable bonds is 2. The van der Waals surface area contributed by atoms with Crippen LogP contribution >= 0.6 is 0 Å². The number of hydrogen-bond acceptors (Lipinski definition) is 3. The summed E-state index contributed by atoms with van der Waals surface area (Å²) in [6.07, 6.45) is 14.0. The van der Waals surface area contributed by atoms with Gasteiger partial charge in [-0.1, -0.05) is 54.6 Å². The van der Waals surface area contributed by atoms with Gasteiger partial charge in [0.05, 0.1) is 12.0 Å². The van der Waals surface area contributed by atoms with E-state index < -0.39 is 12.0 Å². The molecule has 0 aromatic heterocycles. The first-order valence-corrected chi connectivity index (χ1v) is 6.53. The van der Waals surface area contributed by atoms with Crippen molar-refractivity contribution in [1.29, 1.82) is 0 Å². The van der Waals surface area contributed by atoms with Gasteiger partial charge in [-0.15, -0.1) is 0 Å². The third-order valence-electron chi connectivity index (χ3n) is 2.75. The molecule has 1 aromatic rings. The molecule has 0 heterocycles. The molecule has 1 atom stereocenters. The molecule has 0 amide bonds. The van der Waals surface area contributed by atoms with Crippen LogP contribution in [-0.2, 0) is 24.3 Å². The van der Waals surface area contributed by atoms with Gasteiger partial charge in [0.25, 0.3) is 0 Å². The number of carbonyl (C=O) groups is 1. The Bertz CT molecular complexity index is 403. The number of carboxylic acid groups (broad SMARTS) is 1. The van der Waals surface area contributed by atoms with Crippen LogP contribution < -0.4 is 10.8 Å². The van der Waals surface area contributed by atoms with Crippen LogP contribution in [0.2, 0.25) is 0 Å². The molecule has 1 aromatic carbocycles. The van der Waals surface area contributed by atoms with E-state index in [0.29, 0.717) is 5.56 Å². The second-order valence-electron chi connectivity index (χ2n) is 4.30. The van der Waals surface area contributed by atoms with E-state index in [0.717, 1.165) is 0 Å². The zero-order valence-corrected chi connectivity index (χ0v) is 13.0. The van der Waals surface area contributed by atoms with Gasteiger partial charge in [0.15, 0.2) is 0 Å². The molecule has 111 valence electrons. The molecule has 2 N–H and O–H groups in total. The fourth-order valence-electron chi connectivity index (χ4n) is 1.65. The summed E-state index contributed by atoms with van der Waals surface area (Å²) >= 11 is 0. The van der Waals surface area contributed by atoms with E-state index in [2.05, 4.69) is 24.3 Å². The summed E-state index contributed by atoms with van der Waals surface area (Å²) < 4.78 is 0. The molecule has 2 rings (SSSR count). The third kappa shape index (κ3) is 8.03. The van der Waals surface area contributed by atoms with Gasteiger partial charge in [-0.25, -0.2) is 0 Å².